The van der Waals surface area contributed by atoms with E-state index in [9.17, 15) is 4.79 Å². The topological polar surface area (TPSA) is 41.1 Å². The first-order valence-electron chi connectivity index (χ1n) is 6.27. The van der Waals surface area contributed by atoms with E-state index in [1.54, 1.807) is 0 Å². The zero-order valence-electron chi connectivity index (χ0n) is 11.3. The molecule has 1 aliphatic rings. The second-order valence-electron chi connectivity index (χ2n) is 6.64. The van der Waals surface area contributed by atoms with E-state index in [-0.39, 0.29) is 11.3 Å². The van der Waals surface area contributed by atoms with Crippen molar-refractivity contribution in [3.8, 4) is 0 Å². The van der Waals surface area contributed by atoms with Crippen LogP contribution in [0.3, 0.4) is 0 Å². The predicted molar refractivity (Wildman–Crippen MR) is 67.3 cm³/mol. The van der Waals surface area contributed by atoms with Gasteiger partial charge >= 0.3 is 0 Å². The highest BCUT2D eigenvalue weighted by molar-refractivity contribution is 5.85. The minimum atomic E-state index is -0.448. The molecule has 3 nitrogen and oxygen atoms in total. The smallest absolute Gasteiger partial charge is 0.239 e. The maximum absolute atomic E-state index is 12.0. The molecule has 2 N–H and O–H groups in total. The summed E-state index contributed by atoms with van der Waals surface area (Å²) in [6.45, 7) is 11.0. The molecule has 3 heteroatoms. The summed E-state index contributed by atoms with van der Waals surface area (Å²) in [6, 6.07) is 0.537. The number of hydrogen-bond acceptors (Lipinski definition) is 2. The van der Waals surface area contributed by atoms with E-state index in [0.717, 1.165) is 6.54 Å². The molecule has 0 radical (unpaired) electrons. The van der Waals surface area contributed by atoms with Gasteiger partial charge in [0.2, 0.25) is 5.91 Å². The number of carbonyl (C=O) groups is 1. The Bertz CT molecular complexity index is 249. The maximum Gasteiger partial charge on any atom is 0.239 e. The molecule has 1 aliphatic carbocycles. The lowest BCUT2D eigenvalue weighted by atomic mass is 9.89. The van der Waals surface area contributed by atoms with Crippen LogP contribution >= 0.6 is 0 Å². The van der Waals surface area contributed by atoms with Crippen molar-refractivity contribution in [3.05, 3.63) is 0 Å². The molecule has 0 saturated heterocycles. The van der Waals surface area contributed by atoms with Gasteiger partial charge in [0, 0.05) is 12.6 Å². The fourth-order valence-corrected chi connectivity index (χ4v) is 1.69. The Morgan fingerprint density at radius 3 is 2.12 bits per heavy atom. The van der Waals surface area contributed by atoms with Gasteiger partial charge in [-0.25, -0.2) is 0 Å². The lowest BCUT2D eigenvalue weighted by Gasteiger charge is -2.36. The van der Waals surface area contributed by atoms with Gasteiger partial charge in [0.1, 0.15) is 0 Å². The summed E-state index contributed by atoms with van der Waals surface area (Å²) < 4.78 is 0. The van der Waals surface area contributed by atoms with E-state index in [0.29, 0.717) is 6.04 Å². The fourth-order valence-electron chi connectivity index (χ4n) is 1.69. The number of amides is 1. The predicted octanol–water partition coefficient (Wildman–Crippen LogP) is 2.07. The highest BCUT2D eigenvalue weighted by Gasteiger charge is 2.32. The van der Waals surface area contributed by atoms with Gasteiger partial charge in [0.25, 0.3) is 0 Å². The summed E-state index contributed by atoms with van der Waals surface area (Å²) in [4.78, 5) is 12.0. The lowest BCUT2D eigenvalue weighted by Crippen LogP contribution is -2.58. The molecule has 0 aromatic heterocycles. The van der Waals surface area contributed by atoms with Crippen molar-refractivity contribution in [2.75, 3.05) is 6.54 Å². The first-order chi connectivity index (χ1) is 7.21. The average molecular weight is 226 g/mol. The Kier molecular flexibility index (Phi) is 4.00. The van der Waals surface area contributed by atoms with Crippen LogP contribution in [-0.4, -0.2) is 24.0 Å². The Morgan fingerprint density at radius 2 is 1.75 bits per heavy atom. The van der Waals surface area contributed by atoms with Gasteiger partial charge in [-0.3, -0.25) is 4.79 Å². The third kappa shape index (κ3) is 4.12. The van der Waals surface area contributed by atoms with Crippen molar-refractivity contribution in [2.45, 2.75) is 65.5 Å². The zero-order valence-corrected chi connectivity index (χ0v) is 11.3. The van der Waals surface area contributed by atoms with Crippen LogP contribution in [0.2, 0.25) is 0 Å². The molecule has 0 spiro atoms. The van der Waals surface area contributed by atoms with Crippen LogP contribution in [0.1, 0.15) is 53.9 Å². The number of hydrogen-bond donors (Lipinski definition) is 2. The number of rotatable bonds is 4. The van der Waals surface area contributed by atoms with Gasteiger partial charge in [-0.1, -0.05) is 27.2 Å². The molecular formula is C13H26N2O. The Morgan fingerprint density at radius 1 is 1.19 bits per heavy atom. The van der Waals surface area contributed by atoms with E-state index in [2.05, 4.69) is 31.4 Å². The van der Waals surface area contributed by atoms with Crippen LogP contribution in [0, 0.1) is 5.41 Å². The molecular weight excluding hydrogens is 200 g/mol. The number of nitrogens with one attached hydrogen (secondary N) is 2. The van der Waals surface area contributed by atoms with Crippen LogP contribution in [-0.2, 0) is 4.79 Å². The minimum Gasteiger partial charge on any atom is -0.354 e. The van der Waals surface area contributed by atoms with Crippen molar-refractivity contribution in [3.63, 3.8) is 0 Å². The molecule has 0 aromatic carbocycles. The van der Waals surface area contributed by atoms with Gasteiger partial charge in [-0.15, -0.1) is 0 Å². The van der Waals surface area contributed by atoms with Crippen molar-refractivity contribution < 1.29 is 4.79 Å². The normalized spacial score (nSPS) is 18.1. The molecule has 1 saturated carbocycles. The quantitative estimate of drug-likeness (QED) is 0.770. The summed E-state index contributed by atoms with van der Waals surface area (Å²) in [5.41, 5.74) is -0.307. The lowest BCUT2D eigenvalue weighted by molar-refractivity contribution is -0.127. The molecule has 1 rings (SSSR count). The second kappa shape index (κ2) is 4.74. The van der Waals surface area contributed by atoms with Crippen LogP contribution in [0.5, 0.6) is 0 Å². The van der Waals surface area contributed by atoms with E-state index >= 15 is 0 Å². The van der Waals surface area contributed by atoms with Gasteiger partial charge < -0.3 is 10.6 Å². The van der Waals surface area contributed by atoms with E-state index < -0.39 is 5.54 Å². The first kappa shape index (κ1) is 13.5. The maximum atomic E-state index is 12.0. The van der Waals surface area contributed by atoms with Gasteiger partial charge in [0.15, 0.2) is 0 Å². The molecule has 0 aliphatic heterocycles. The monoisotopic (exact) mass is 226 g/mol. The third-order valence-corrected chi connectivity index (χ3v) is 3.02. The molecule has 0 bridgehead atoms. The third-order valence-electron chi connectivity index (χ3n) is 3.02. The van der Waals surface area contributed by atoms with Crippen molar-refractivity contribution in [1.82, 2.24) is 10.6 Å². The Balaban J connectivity index is 2.38. The van der Waals surface area contributed by atoms with Gasteiger partial charge in [-0.2, -0.15) is 0 Å². The first-order valence-corrected chi connectivity index (χ1v) is 6.27. The molecule has 0 aromatic rings. The molecule has 16 heavy (non-hydrogen) atoms. The summed E-state index contributed by atoms with van der Waals surface area (Å²) in [5.74, 6) is 0.106. The van der Waals surface area contributed by atoms with Crippen LogP contribution in [0.4, 0.5) is 0 Å². The SMILES string of the molecule is CC(C)(C)CNC(=O)C(C)(C)NC1CCC1. The highest BCUT2D eigenvalue weighted by atomic mass is 16.2. The van der Waals surface area contributed by atoms with Crippen molar-refractivity contribution in [2.24, 2.45) is 5.41 Å². The van der Waals surface area contributed by atoms with Crippen LogP contribution < -0.4 is 10.6 Å². The van der Waals surface area contributed by atoms with Gasteiger partial charge in [0.05, 0.1) is 5.54 Å². The van der Waals surface area contributed by atoms with Crippen LogP contribution in [0.25, 0.3) is 0 Å². The highest BCUT2D eigenvalue weighted by Crippen LogP contribution is 2.21. The van der Waals surface area contributed by atoms with E-state index in [4.69, 9.17) is 0 Å². The second-order valence-corrected chi connectivity index (χ2v) is 6.64. The molecule has 0 heterocycles. The molecule has 0 unspecified atom stereocenters. The summed E-state index contributed by atoms with van der Waals surface area (Å²) in [6.07, 6.45) is 3.70. The molecule has 1 amide bonds. The number of carbonyl (C=O) groups excluding carboxylic acids is 1. The summed E-state index contributed by atoms with van der Waals surface area (Å²) in [5, 5.41) is 6.43. The summed E-state index contributed by atoms with van der Waals surface area (Å²) >= 11 is 0. The van der Waals surface area contributed by atoms with E-state index in [1.807, 2.05) is 13.8 Å². The average Bonchev–Trinajstić information content (AvgIpc) is 2.06. The van der Waals surface area contributed by atoms with Gasteiger partial charge in [-0.05, 0) is 32.1 Å². The zero-order chi connectivity index (χ0) is 12.4. The fraction of sp³-hybridized carbons (Fsp3) is 0.923. The van der Waals surface area contributed by atoms with Crippen molar-refractivity contribution in [1.29, 1.82) is 0 Å². The van der Waals surface area contributed by atoms with E-state index in [1.165, 1.54) is 19.3 Å². The van der Waals surface area contributed by atoms with Crippen molar-refractivity contribution >= 4 is 5.91 Å². The molecule has 94 valence electrons. The van der Waals surface area contributed by atoms with Crippen LogP contribution in [0.15, 0.2) is 0 Å². The minimum absolute atomic E-state index is 0.106. The Hall–Kier alpha value is -0.570. The standard InChI is InChI=1S/C13H26N2O/c1-12(2,3)9-14-11(16)13(4,5)15-10-7-6-8-10/h10,15H,6-9H2,1-5H3,(H,14,16). The summed E-state index contributed by atoms with van der Waals surface area (Å²) in [7, 11) is 0. The largest absolute Gasteiger partial charge is 0.354 e. The molecule has 0 atom stereocenters. The Labute approximate surface area is 99.4 Å². The molecule has 1 fully saturated rings.